The zero-order valence-electron chi connectivity index (χ0n) is 20.5. The Hall–Kier alpha value is -3.82. The van der Waals surface area contributed by atoms with Crippen LogP contribution in [0, 0.1) is 0 Å². The number of thiocarbonyl (C=S) groups is 1. The molecule has 3 aromatic carbocycles. The minimum atomic E-state index is -0.385. The third-order valence-electron chi connectivity index (χ3n) is 6.01. The summed E-state index contributed by atoms with van der Waals surface area (Å²) in [5, 5.41) is 6.33. The van der Waals surface area contributed by atoms with Gasteiger partial charge in [-0.05, 0) is 60.7 Å². The van der Waals surface area contributed by atoms with Gasteiger partial charge in [0.2, 0.25) is 0 Å². The van der Waals surface area contributed by atoms with Crippen LogP contribution >= 0.6 is 23.8 Å². The van der Waals surface area contributed by atoms with Crippen LogP contribution in [0.25, 0.3) is 0 Å². The number of rotatable bonds is 6. The van der Waals surface area contributed by atoms with E-state index in [0.717, 1.165) is 5.69 Å². The average molecular weight is 539 g/mol. The van der Waals surface area contributed by atoms with Crippen molar-refractivity contribution in [1.82, 2.24) is 10.2 Å². The van der Waals surface area contributed by atoms with Gasteiger partial charge in [-0.3, -0.25) is 14.9 Å². The van der Waals surface area contributed by atoms with Gasteiger partial charge in [0.1, 0.15) is 0 Å². The smallest absolute Gasteiger partial charge is 0.257 e. The fraction of sp³-hybridized carbons (Fsp3) is 0.222. The molecule has 1 saturated heterocycles. The van der Waals surface area contributed by atoms with Gasteiger partial charge in [0.25, 0.3) is 11.8 Å². The molecule has 37 heavy (non-hydrogen) atoms. The number of methoxy groups -OCH3 is 2. The van der Waals surface area contributed by atoms with Crippen LogP contribution in [0.3, 0.4) is 0 Å². The minimum absolute atomic E-state index is 0.0366. The topological polar surface area (TPSA) is 83.1 Å². The highest BCUT2D eigenvalue weighted by molar-refractivity contribution is 7.80. The molecule has 0 bridgehead atoms. The van der Waals surface area contributed by atoms with Crippen molar-refractivity contribution in [3.05, 3.63) is 82.9 Å². The standard InChI is InChI=1S/C27H27ClN4O4S/c1-35-23-11-8-19(16-24(23)36-2)25(33)30-27(37)29-20-9-10-22(21(28)17-20)31-12-14-32(15-13-31)26(34)18-6-4-3-5-7-18/h3-11,16-17H,12-15H2,1-2H3,(H2,29,30,33,37). The first-order valence-corrected chi connectivity index (χ1v) is 12.4. The van der Waals surface area contributed by atoms with Gasteiger partial charge in [0, 0.05) is 43.0 Å². The summed E-state index contributed by atoms with van der Waals surface area (Å²) in [6, 6.07) is 19.7. The van der Waals surface area contributed by atoms with Crippen LogP contribution in [-0.4, -0.2) is 62.2 Å². The van der Waals surface area contributed by atoms with Crippen molar-refractivity contribution in [2.75, 3.05) is 50.6 Å². The molecule has 8 nitrogen and oxygen atoms in total. The quantitative estimate of drug-likeness (QED) is 0.449. The lowest BCUT2D eigenvalue weighted by Crippen LogP contribution is -2.48. The Morgan fingerprint density at radius 1 is 0.865 bits per heavy atom. The lowest BCUT2D eigenvalue weighted by atomic mass is 10.1. The first-order chi connectivity index (χ1) is 17.9. The lowest BCUT2D eigenvalue weighted by Gasteiger charge is -2.36. The second kappa shape index (κ2) is 11.9. The zero-order chi connectivity index (χ0) is 26.4. The summed E-state index contributed by atoms with van der Waals surface area (Å²) in [6.07, 6.45) is 0. The van der Waals surface area contributed by atoms with E-state index in [9.17, 15) is 9.59 Å². The Labute approximate surface area is 226 Å². The van der Waals surface area contributed by atoms with Crippen LogP contribution in [0.4, 0.5) is 11.4 Å². The van der Waals surface area contributed by atoms with E-state index in [0.29, 0.717) is 59.5 Å². The summed E-state index contributed by atoms with van der Waals surface area (Å²) in [7, 11) is 3.03. The second-order valence-electron chi connectivity index (χ2n) is 8.29. The minimum Gasteiger partial charge on any atom is -0.493 e. The lowest BCUT2D eigenvalue weighted by molar-refractivity contribution is 0.0746. The van der Waals surface area contributed by atoms with E-state index in [-0.39, 0.29) is 16.9 Å². The Morgan fingerprint density at radius 2 is 1.57 bits per heavy atom. The highest BCUT2D eigenvalue weighted by Gasteiger charge is 2.23. The van der Waals surface area contributed by atoms with Gasteiger partial charge in [0.15, 0.2) is 16.6 Å². The van der Waals surface area contributed by atoms with Gasteiger partial charge < -0.3 is 24.6 Å². The first kappa shape index (κ1) is 26.2. The molecule has 1 heterocycles. The predicted molar refractivity (Wildman–Crippen MR) is 149 cm³/mol. The number of halogens is 1. The number of ether oxygens (including phenoxy) is 2. The number of piperazine rings is 1. The zero-order valence-corrected chi connectivity index (χ0v) is 22.1. The van der Waals surface area contributed by atoms with Crippen LogP contribution in [0.2, 0.25) is 5.02 Å². The molecule has 192 valence electrons. The fourth-order valence-corrected chi connectivity index (χ4v) is 4.58. The average Bonchev–Trinajstić information content (AvgIpc) is 2.92. The van der Waals surface area contributed by atoms with E-state index in [1.807, 2.05) is 47.4 Å². The monoisotopic (exact) mass is 538 g/mol. The molecule has 0 radical (unpaired) electrons. The second-order valence-corrected chi connectivity index (χ2v) is 9.10. The predicted octanol–water partition coefficient (Wildman–Crippen LogP) is 4.45. The molecular formula is C27H27ClN4O4S. The molecule has 0 saturated carbocycles. The molecule has 0 atom stereocenters. The first-order valence-electron chi connectivity index (χ1n) is 11.6. The van der Waals surface area contributed by atoms with Gasteiger partial charge in [-0.1, -0.05) is 29.8 Å². The molecule has 0 aliphatic carbocycles. The number of hydrogen-bond acceptors (Lipinski definition) is 6. The third-order valence-corrected chi connectivity index (χ3v) is 6.51. The van der Waals surface area contributed by atoms with Crippen LogP contribution in [-0.2, 0) is 0 Å². The van der Waals surface area contributed by atoms with Gasteiger partial charge in [0.05, 0.1) is 24.9 Å². The van der Waals surface area contributed by atoms with Crippen molar-refractivity contribution in [3.63, 3.8) is 0 Å². The molecule has 10 heteroatoms. The molecule has 0 aromatic heterocycles. The van der Waals surface area contributed by atoms with Gasteiger partial charge in [-0.15, -0.1) is 0 Å². The molecular weight excluding hydrogens is 512 g/mol. The molecule has 2 N–H and O–H groups in total. The number of nitrogens with one attached hydrogen (secondary N) is 2. The van der Waals surface area contributed by atoms with E-state index in [1.165, 1.54) is 14.2 Å². The largest absolute Gasteiger partial charge is 0.493 e. The van der Waals surface area contributed by atoms with Crippen molar-refractivity contribution in [3.8, 4) is 11.5 Å². The fourth-order valence-electron chi connectivity index (χ4n) is 4.07. The highest BCUT2D eigenvalue weighted by atomic mass is 35.5. The summed E-state index contributed by atoms with van der Waals surface area (Å²) < 4.78 is 10.4. The van der Waals surface area contributed by atoms with Crippen LogP contribution < -0.4 is 25.0 Å². The Morgan fingerprint density at radius 3 is 2.22 bits per heavy atom. The molecule has 0 spiro atoms. The molecule has 4 rings (SSSR count). The maximum Gasteiger partial charge on any atom is 0.257 e. The van der Waals surface area contributed by atoms with Crippen LogP contribution in [0.1, 0.15) is 20.7 Å². The number of amides is 2. The maximum absolute atomic E-state index is 12.7. The summed E-state index contributed by atoms with van der Waals surface area (Å²) in [5.74, 6) is 0.624. The van der Waals surface area contributed by atoms with Crippen molar-refractivity contribution >= 4 is 52.1 Å². The number of carbonyl (C=O) groups is 2. The third kappa shape index (κ3) is 6.31. The Balaban J connectivity index is 1.33. The molecule has 2 amide bonds. The number of nitrogens with zero attached hydrogens (tertiary/aromatic N) is 2. The summed E-state index contributed by atoms with van der Waals surface area (Å²) in [5.41, 5.74) is 2.59. The summed E-state index contributed by atoms with van der Waals surface area (Å²) >= 11 is 11.9. The van der Waals surface area contributed by atoms with Gasteiger partial charge in [-0.2, -0.15) is 0 Å². The van der Waals surface area contributed by atoms with E-state index >= 15 is 0 Å². The maximum atomic E-state index is 12.7. The van der Waals surface area contributed by atoms with E-state index < -0.39 is 0 Å². The number of hydrogen-bond donors (Lipinski definition) is 2. The molecule has 1 fully saturated rings. The highest BCUT2D eigenvalue weighted by Crippen LogP contribution is 2.30. The normalized spacial score (nSPS) is 13.1. The SMILES string of the molecule is COc1ccc(C(=O)NC(=S)Nc2ccc(N3CCN(C(=O)c4ccccc4)CC3)c(Cl)c2)cc1OC. The summed E-state index contributed by atoms with van der Waals surface area (Å²) in [4.78, 5) is 29.3. The molecule has 1 aliphatic heterocycles. The van der Waals surface area contributed by atoms with E-state index in [1.54, 1.807) is 24.3 Å². The van der Waals surface area contributed by atoms with Crippen molar-refractivity contribution in [2.45, 2.75) is 0 Å². The molecule has 1 aliphatic rings. The van der Waals surface area contributed by atoms with Crippen LogP contribution in [0.15, 0.2) is 66.7 Å². The van der Waals surface area contributed by atoms with Crippen molar-refractivity contribution < 1.29 is 19.1 Å². The van der Waals surface area contributed by atoms with Crippen LogP contribution in [0.5, 0.6) is 11.5 Å². The number of carbonyl (C=O) groups excluding carboxylic acids is 2. The number of anilines is 2. The Kier molecular flexibility index (Phi) is 8.47. The van der Waals surface area contributed by atoms with Gasteiger partial charge in [-0.25, -0.2) is 0 Å². The van der Waals surface area contributed by atoms with Crippen molar-refractivity contribution in [2.24, 2.45) is 0 Å². The van der Waals surface area contributed by atoms with E-state index in [2.05, 4.69) is 15.5 Å². The van der Waals surface area contributed by atoms with Crippen molar-refractivity contribution in [1.29, 1.82) is 0 Å². The van der Waals surface area contributed by atoms with E-state index in [4.69, 9.17) is 33.3 Å². The van der Waals surface area contributed by atoms with Gasteiger partial charge >= 0.3 is 0 Å². The summed E-state index contributed by atoms with van der Waals surface area (Å²) in [6.45, 7) is 2.56. The Bertz CT molecular complexity index is 1300. The number of benzene rings is 3. The molecule has 0 unspecified atom stereocenters. The molecule has 3 aromatic rings.